The van der Waals surface area contributed by atoms with E-state index in [-0.39, 0.29) is 16.7 Å². The molecule has 3 amide bonds. The quantitative estimate of drug-likeness (QED) is 0.654. The molecule has 0 unspecified atom stereocenters. The van der Waals surface area contributed by atoms with Crippen molar-refractivity contribution in [2.24, 2.45) is 0 Å². The zero-order valence-electron chi connectivity index (χ0n) is 14.2. The fraction of sp³-hybridized carbons (Fsp3) is 0.111. The summed E-state index contributed by atoms with van der Waals surface area (Å²) in [6.45, 7) is 0. The average molecular weight is 386 g/mol. The van der Waals surface area contributed by atoms with Crippen LogP contribution in [0.25, 0.3) is 11.5 Å². The zero-order chi connectivity index (χ0) is 19.2. The first-order valence-electron chi connectivity index (χ1n) is 7.91. The van der Waals surface area contributed by atoms with Crippen molar-refractivity contribution >= 4 is 23.7 Å². The average Bonchev–Trinajstić information content (AvgIpc) is 3.15. The molecule has 1 atom stereocenters. The predicted molar refractivity (Wildman–Crippen MR) is 97.3 cm³/mol. The molecule has 27 heavy (non-hydrogen) atoms. The second kappa shape index (κ2) is 8.45. The Morgan fingerprint density at radius 1 is 1.07 bits per heavy atom. The van der Waals surface area contributed by atoms with Gasteiger partial charge in [-0.05, 0) is 29.5 Å². The van der Waals surface area contributed by atoms with E-state index < -0.39 is 23.0 Å². The summed E-state index contributed by atoms with van der Waals surface area (Å²) >= 11 is 0.969. The van der Waals surface area contributed by atoms with Crippen LogP contribution in [0.2, 0.25) is 0 Å². The van der Waals surface area contributed by atoms with Gasteiger partial charge >= 0.3 is 6.03 Å². The van der Waals surface area contributed by atoms with Gasteiger partial charge in [0.05, 0.1) is 5.56 Å². The molecule has 1 heterocycles. The van der Waals surface area contributed by atoms with E-state index in [1.807, 2.05) is 6.07 Å². The van der Waals surface area contributed by atoms with Crippen LogP contribution in [0.4, 0.5) is 9.18 Å². The molecule has 0 fully saturated rings. The largest absolute Gasteiger partial charge is 0.411 e. The number of halogens is 1. The molecule has 1 aromatic heterocycles. The van der Waals surface area contributed by atoms with Crippen LogP contribution < -0.4 is 10.6 Å². The smallest absolute Gasteiger partial charge is 0.321 e. The van der Waals surface area contributed by atoms with Crippen LogP contribution in [0.5, 0.6) is 0 Å². The molecule has 0 saturated carbocycles. The molecule has 0 bridgehead atoms. The summed E-state index contributed by atoms with van der Waals surface area (Å²) in [7, 11) is 1.41. The molecule has 0 spiro atoms. The minimum atomic E-state index is -0.808. The topological polar surface area (TPSA) is 97.1 Å². The second-order valence-electron chi connectivity index (χ2n) is 5.33. The number of carbonyl (C=O) groups excluding carboxylic acids is 2. The number of amides is 3. The van der Waals surface area contributed by atoms with Gasteiger partial charge in [-0.1, -0.05) is 42.5 Å². The highest BCUT2D eigenvalue weighted by molar-refractivity contribution is 8.00. The number of nitrogens with zero attached hydrogens (tertiary/aromatic N) is 2. The summed E-state index contributed by atoms with van der Waals surface area (Å²) in [6, 6.07) is 14.2. The molecule has 3 rings (SSSR count). The molecule has 0 aliphatic heterocycles. The fourth-order valence-electron chi connectivity index (χ4n) is 2.24. The van der Waals surface area contributed by atoms with E-state index in [1.165, 1.54) is 19.2 Å². The number of hydrogen-bond acceptors (Lipinski definition) is 6. The fourth-order valence-corrected chi connectivity index (χ4v) is 3.12. The first-order chi connectivity index (χ1) is 13.1. The highest BCUT2D eigenvalue weighted by atomic mass is 32.2. The van der Waals surface area contributed by atoms with Crippen molar-refractivity contribution < 1.29 is 18.4 Å². The molecule has 3 aromatic rings. The van der Waals surface area contributed by atoms with Crippen LogP contribution >= 0.6 is 11.8 Å². The summed E-state index contributed by atoms with van der Waals surface area (Å²) in [5.41, 5.74) is 0.817. The van der Waals surface area contributed by atoms with Gasteiger partial charge in [0.1, 0.15) is 11.1 Å². The second-order valence-corrected chi connectivity index (χ2v) is 6.39. The van der Waals surface area contributed by atoms with Gasteiger partial charge in [-0.2, -0.15) is 0 Å². The maximum Gasteiger partial charge on any atom is 0.321 e. The Labute approximate surface area is 158 Å². The molecule has 0 aliphatic carbocycles. The summed E-state index contributed by atoms with van der Waals surface area (Å²) in [4.78, 5) is 24.0. The maximum absolute atomic E-state index is 13.9. The van der Waals surface area contributed by atoms with E-state index in [2.05, 4.69) is 20.8 Å². The zero-order valence-corrected chi connectivity index (χ0v) is 15.0. The maximum atomic E-state index is 13.9. The summed E-state index contributed by atoms with van der Waals surface area (Å²) in [6.07, 6.45) is 0. The van der Waals surface area contributed by atoms with Crippen molar-refractivity contribution in [3.8, 4) is 11.5 Å². The van der Waals surface area contributed by atoms with Crippen molar-refractivity contribution in [2.75, 3.05) is 7.05 Å². The molecule has 0 saturated heterocycles. The third kappa shape index (κ3) is 4.50. The van der Waals surface area contributed by atoms with Gasteiger partial charge in [-0.15, -0.1) is 10.2 Å². The molecule has 0 aliphatic rings. The minimum Gasteiger partial charge on any atom is -0.411 e. The normalized spacial score (nSPS) is 11.6. The lowest BCUT2D eigenvalue weighted by Gasteiger charge is -2.14. The lowest BCUT2D eigenvalue weighted by molar-refractivity contribution is -0.119. The molecule has 7 nitrogen and oxygen atoms in total. The summed E-state index contributed by atoms with van der Waals surface area (Å²) in [5.74, 6) is -1.03. The predicted octanol–water partition coefficient (Wildman–Crippen LogP) is 3.16. The first-order valence-corrected chi connectivity index (χ1v) is 8.79. The van der Waals surface area contributed by atoms with Crippen molar-refractivity contribution in [2.45, 2.75) is 10.5 Å². The standard InChI is InChI=1S/C18H15FN4O3S/c1-20-17(25)21-15(24)14(11-7-3-2-4-8-11)27-18-23-22-16(26-18)12-9-5-6-10-13(12)19/h2-10,14H,1H3,(H2,20,21,24,25)/t14-/m0/s1. The van der Waals surface area contributed by atoms with Gasteiger partial charge < -0.3 is 9.73 Å². The third-order valence-electron chi connectivity index (χ3n) is 3.53. The van der Waals surface area contributed by atoms with E-state index >= 15 is 0 Å². The van der Waals surface area contributed by atoms with Gasteiger partial charge in [0.2, 0.25) is 5.91 Å². The number of nitrogens with one attached hydrogen (secondary N) is 2. The van der Waals surface area contributed by atoms with Crippen molar-refractivity contribution in [1.29, 1.82) is 0 Å². The van der Waals surface area contributed by atoms with Gasteiger partial charge in [0, 0.05) is 7.05 Å². The Morgan fingerprint density at radius 2 is 1.78 bits per heavy atom. The number of benzene rings is 2. The number of aromatic nitrogens is 2. The highest BCUT2D eigenvalue weighted by Gasteiger charge is 2.26. The number of carbonyl (C=O) groups is 2. The van der Waals surface area contributed by atoms with Crippen LogP contribution in [-0.4, -0.2) is 29.2 Å². The minimum absolute atomic E-state index is 0.00845. The molecular formula is C18H15FN4O3S. The van der Waals surface area contributed by atoms with Gasteiger partial charge in [0.25, 0.3) is 11.1 Å². The van der Waals surface area contributed by atoms with E-state index in [1.54, 1.807) is 36.4 Å². The van der Waals surface area contributed by atoms with Crippen LogP contribution in [0.3, 0.4) is 0 Å². The SMILES string of the molecule is CNC(=O)NC(=O)[C@@H](Sc1nnc(-c2ccccc2F)o1)c1ccccc1. The number of imide groups is 1. The molecule has 0 radical (unpaired) electrons. The van der Waals surface area contributed by atoms with Gasteiger partial charge in [-0.25, -0.2) is 9.18 Å². The van der Waals surface area contributed by atoms with Crippen molar-refractivity contribution in [1.82, 2.24) is 20.8 Å². The Bertz CT molecular complexity index is 949. The van der Waals surface area contributed by atoms with Crippen LogP contribution in [0.1, 0.15) is 10.8 Å². The molecule has 9 heteroatoms. The number of hydrogen-bond donors (Lipinski definition) is 2. The van der Waals surface area contributed by atoms with Crippen molar-refractivity contribution in [3.63, 3.8) is 0 Å². The van der Waals surface area contributed by atoms with Gasteiger partial charge in [-0.3, -0.25) is 10.1 Å². The third-order valence-corrected chi connectivity index (χ3v) is 4.62. The van der Waals surface area contributed by atoms with Crippen LogP contribution in [0.15, 0.2) is 64.2 Å². The first kappa shape index (κ1) is 18.6. The van der Waals surface area contributed by atoms with Gasteiger partial charge in [0.15, 0.2) is 0 Å². The number of urea groups is 1. The monoisotopic (exact) mass is 386 g/mol. The van der Waals surface area contributed by atoms with E-state index in [9.17, 15) is 14.0 Å². The Morgan fingerprint density at radius 3 is 2.48 bits per heavy atom. The highest BCUT2D eigenvalue weighted by Crippen LogP contribution is 2.36. The molecule has 2 aromatic carbocycles. The molecule has 2 N–H and O–H groups in total. The van der Waals surface area contributed by atoms with Crippen molar-refractivity contribution in [3.05, 3.63) is 66.0 Å². The summed E-state index contributed by atoms with van der Waals surface area (Å²) < 4.78 is 19.4. The van der Waals surface area contributed by atoms with E-state index in [0.29, 0.717) is 5.56 Å². The number of rotatable bonds is 5. The Balaban J connectivity index is 1.85. The Kier molecular flexibility index (Phi) is 5.82. The summed E-state index contributed by atoms with van der Waals surface area (Å²) in [5, 5.41) is 11.6. The lowest BCUT2D eigenvalue weighted by atomic mass is 10.1. The van der Waals surface area contributed by atoms with E-state index in [0.717, 1.165) is 11.8 Å². The lowest BCUT2D eigenvalue weighted by Crippen LogP contribution is -2.39. The Hall–Kier alpha value is -3.20. The van der Waals surface area contributed by atoms with Crippen LogP contribution in [-0.2, 0) is 4.79 Å². The molecule has 138 valence electrons. The molecular weight excluding hydrogens is 371 g/mol. The number of thioether (sulfide) groups is 1. The van der Waals surface area contributed by atoms with Crippen LogP contribution in [0, 0.1) is 5.82 Å². The van der Waals surface area contributed by atoms with E-state index in [4.69, 9.17) is 4.42 Å².